The molecule has 1 rings (SSSR count). The van der Waals surface area contributed by atoms with E-state index in [1.807, 2.05) is 13.8 Å². The standard InChI is InChI=1S/C12H18NO5P/c1-3-9-17-19(16,18-10-4-2)12-8-6-5-7-11(12)13(14)15/h5-8H,3-4,9-10H2,1-2H3. The molecule has 0 N–H and O–H groups in total. The van der Waals surface area contributed by atoms with Crippen LogP contribution in [0.15, 0.2) is 24.3 Å². The molecule has 0 heterocycles. The molecule has 0 aliphatic rings. The van der Waals surface area contributed by atoms with Crippen molar-refractivity contribution in [2.45, 2.75) is 26.7 Å². The monoisotopic (exact) mass is 287 g/mol. The third kappa shape index (κ3) is 4.13. The molecular weight excluding hydrogens is 269 g/mol. The Morgan fingerprint density at radius 2 is 1.68 bits per heavy atom. The van der Waals surface area contributed by atoms with Crippen molar-refractivity contribution in [3.05, 3.63) is 34.4 Å². The summed E-state index contributed by atoms with van der Waals surface area (Å²) >= 11 is 0. The first kappa shape index (κ1) is 15.8. The quantitative estimate of drug-likeness (QED) is 0.416. The van der Waals surface area contributed by atoms with E-state index in [0.29, 0.717) is 12.8 Å². The number of nitrogens with zero attached hydrogens (tertiary/aromatic N) is 1. The fourth-order valence-electron chi connectivity index (χ4n) is 1.45. The van der Waals surface area contributed by atoms with Crippen LogP contribution in [-0.2, 0) is 13.6 Å². The number of para-hydroxylation sites is 1. The Morgan fingerprint density at radius 3 is 2.16 bits per heavy atom. The molecule has 0 saturated heterocycles. The van der Waals surface area contributed by atoms with Crippen molar-refractivity contribution in [3.8, 4) is 0 Å². The zero-order valence-electron chi connectivity index (χ0n) is 11.1. The molecule has 0 spiro atoms. The Hall–Kier alpha value is -1.23. The minimum Gasteiger partial charge on any atom is -0.305 e. The summed E-state index contributed by atoms with van der Waals surface area (Å²) < 4.78 is 23.3. The molecule has 19 heavy (non-hydrogen) atoms. The predicted octanol–water partition coefficient (Wildman–Crippen LogP) is 3.27. The van der Waals surface area contributed by atoms with Gasteiger partial charge in [0.1, 0.15) is 5.30 Å². The van der Waals surface area contributed by atoms with E-state index >= 15 is 0 Å². The maximum atomic E-state index is 12.7. The molecule has 0 aromatic heterocycles. The van der Waals surface area contributed by atoms with Gasteiger partial charge < -0.3 is 9.05 Å². The third-order valence-electron chi connectivity index (χ3n) is 2.30. The van der Waals surface area contributed by atoms with Gasteiger partial charge in [0, 0.05) is 6.07 Å². The van der Waals surface area contributed by atoms with E-state index in [2.05, 4.69) is 0 Å². The fraction of sp³-hybridized carbons (Fsp3) is 0.500. The SMILES string of the molecule is CCCOP(=O)(OCCC)c1ccccc1[N+](=O)[O-]. The van der Waals surface area contributed by atoms with Crippen LogP contribution in [-0.4, -0.2) is 18.1 Å². The van der Waals surface area contributed by atoms with Gasteiger partial charge in [-0.2, -0.15) is 0 Å². The van der Waals surface area contributed by atoms with Gasteiger partial charge in [0.15, 0.2) is 0 Å². The van der Waals surface area contributed by atoms with Gasteiger partial charge in [0.25, 0.3) is 5.69 Å². The molecule has 0 amide bonds. The van der Waals surface area contributed by atoms with Crippen LogP contribution in [0, 0.1) is 10.1 Å². The van der Waals surface area contributed by atoms with E-state index < -0.39 is 12.5 Å². The maximum absolute atomic E-state index is 12.7. The number of nitro benzene ring substituents is 1. The lowest BCUT2D eigenvalue weighted by atomic mass is 10.3. The molecule has 1 aromatic rings. The third-order valence-corrected chi connectivity index (χ3v) is 4.32. The summed E-state index contributed by atoms with van der Waals surface area (Å²) in [6.45, 7) is 4.19. The molecule has 6 nitrogen and oxygen atoms in total. The van der Waals surface area contributed by atoms with Crippen LogP contribution >= 0.6 is 7.60 Å². The lowest BCUT2D eigenvalue weighted by molar-refractivity contribution is -0.383. The highest BCUT2D eigenvalue weighted by Gasteiger charge is 2.34. The Kier molecular flexibility index (Phi) is 6.15. The van der Waals surface area contributed by atoms with Crippen molar-refractivity contribution < 1.29 is 18.5 Å². The summed E-state index contributed by atoms with van der Waals surface area (Å²) in [6, 6.07) is 5.82. The number of hydrogen-bond acceptors (Lipinski definition) is 5. The summed E-state index contributed by atoms with van der Waals surface area (Å²) in [5.74, 6) is 0. The van der Waals surface area contributed by atoms with Gasteiger partial charge in [0.05, 0.1) is 18.1 Å². The van der Waals surface area contributed by atoms with Gasteiger partial charge in [-0.05, 0) is 18.9 Å². The molecule has 0 atom stereocenters. The van der Waals surface area contributed by atoms with Gasteiger partial charge >= 0.3 is 7.60 Å². The molecule has 0 aliphatic heterocycles. The number of hydrogen-bond donors (Lipinski definition) is 0. The zero-order chi connectivity index (χ0) is 14.3. The lowest BCUT2D eigenvalue weighted by Gasteiger charge is -2.18. The first-order chi connectivity index (χ1) is 9.05. The van der Waals surface area contributed by atoms with Crippen LogP contribution in [0.4, 0.5) is 5.69 Å². The summed E-state index contributed by atoms with van der Waals surface area (Å²) in [4.78, 5) is 10.4. The van der Waals surface area contributed by atoms with Crippen LogP contribution in [0.3, 0.4) is 0 Å². The van der Waals surface area contributed by atoms with E-state index in [1.165, 1.54) is 18.2 Å². The zero-order valence-corrected chi connectivity index (χ0v) is 12.0. The molecule has 0 saturated carbocycles. The first-order valence-corrected chi connectivity index (χ1v) is 7.72. The van der Waals surface area contributed by atoms with E-state index in [9.17, 15) is 14.7 Å². The van der Waals surface area contributed by atoms with Gasteiger partial charge in [-0.1, -0.05) is 26.0 Å². The van der Waals surface area contributed by atoms with Crippen molar-refractivity contribution >= 4 is 18.6 Å². The predicted molar refractivity (Wildman–Crippen MR) is 72.8 cm³/mol. The summed E-state index contributed by atoms with van der Waals surface area (Å²) in [5.41, 5.74) is -0.238. The van der Waals surface area contributed by atoms with E-state index in [1.54, 1.807) is 6.07 Å². The second-order valence-electron chi connectivity index (χ2n) is 3.91. The van der Waals surface area contributed by atoms with Crippen molar-refractivity contribution in [3.63, 3.8) is 0 Å². The summed E-state index contributed by atoms with van der Waals surface area (Å²) in [5, 5.41) is 11.0. The highest BCUT2D eigenvalue weighted by molar-refractivity contribution is 7.62. The van der Waals surface area contributed by atoms with Crippen molar-refractivity contribution in [1.29, 1.82) is 0 Å². The average molecular weight is 287 g/mol. The molecule has 0 unspecified atom stereocenters. The number of nitro groups is 1. The molecule has 106 valence electrons. The number of benzene rings is 1. The fourth-order valence-corrected chi connectivity index (χ4v) is 3.35. The minimum atomic E-state index is -3.64. The Balaban J connectivity index is 3.16. The number of rotatable bonds is 8. The van der Waals surface area contributed by atoms with E-state index in [-0.39, 0.29) is 24.2 Å². The molecule has 0 radical (unpaired) electrons. The minimum absolute atomic E-state index is 0.0156. The van der Waals surface area contributed by atoms with Gasteiger partial charge in [0.2, 0.25) is 0 Å². The Labute approximate surface area is 112 Å². The maximum Gasteiger partial charge on any atom is 0.368 e. The second kappa shape index (κ2) is 7.38. The van der Waals surface area contributed by atoms with Gasteiger partial charge in [-0.25, -0.2) is 0 Å². The van der Waals surface area contributed by atoms with Crippen LogP contribution in [0.1, 0.15) is 26.7 Å². The highest BCUT2D eigenvalue weighted by Crippen LogP contribution is 2.49. The topological polar surface area (TPSA) is 78.7 Å². The van der Waals surface area contributed by atoms with Gasteiger partial charge in [-0.15, -0.1) is 0 Å². The van der Waals surface area contributed by atoms with Crippen molar-refractivity contribution in [1.82, 2.24) is 0 Å². The normalized spacial score (nSPS) is 11.5. The van der Waals surface area contributed by atoms with Crippen molar-refractivity contribution in [2.75, 3.05) is 13.2 Å². The van der Waals surface area contributed by atoms with Crippen LogP contribution in [0.2, 0.25) is 0 Å². The Morgan fingerprint density at radius 1 is 1.16 bits per heavy atom. The largest absolute Gasteiger partial charge is 0.368 e. The van der Waals surface area contributed by atoms with Crippen molar-refractivity contribution in [2.24, 2.45) is 0 Å². The molecule has 0 bridgehead atoms. The van der Waals surface area contributed by atoms with Crippen LogP contribution in [0.5, 0.6) is 0 Å². The molecule has 7 heteroatoms. The Bertz CT molecular complexity index is 465. The van der Waals surface area contributed by atoms with Gasteiger partial charge in [-0.3, -0.25) is 14.7 Å². The smallest absolute Gasteiger partial charge is 0.305 e. The van der Waals surface area contributed by atoms with Crippen LogP contribution in [0.25, 0.3) is 0 Å². The average Bonchev–Trinajstić information content (AvgIpc) is 2.43. The highest BCUT2D eigenvalue weighted by atomic mass is 31.2. The molecule has 0 fully saturated rings. The first-order valence-electron chi connectivity index (χ1n) is 6.18. The van der Waals surface area contributed by atoms with E-state index in [4.69, 9.17) is 9.05 Å². The second-order valence-corrected chi connectivity index (χ2v) is 5.90. The molecular formula is C12H18NO5P. The molecule has 1 aromatic carbocycles. The summed E-state index contributed by atoms with van der Waals surface area (Å²) in [6.07, 6.45) is 1.31. The lowest BCUT2D eigenvalue weighted by Crippen LogP contribution is -2.15. The van der Waals surface area contributed by atoms with E-state index in [0.717, 1.165) is 0 Å². The summed E-state index contributed by atoms with van der Waals surface area (Å²) in [7, 11) is -3.64. The van der Waals surface area contributed by atoms with Crippen LogP contribution < -0.4 is 5.30 Å². The molecule has 0 aliphatic carbocycles.